The topological polar surface area (TPSA) is 67.5 Å². The molecule has 0 saturated carbocycles. The summed E-state index contributed by atoms with van der Waals surface area (Å²) in [7, 11) is 0. The van der Waals surface area contributed by atoms with Crippen LogP contribution in [-0.4, -0.2) is 21.7 Å². The Morgan fingerprint density at radius 1 is 1.23 bits per heavy atom. The molecule has 1 amide bonds. The Morgan fingerprint density at radius 2 is 2.08 bits per heavy atom. The van der Waals surface area contributed by atoms with Gasteiger partial charge in [-0.1, -0.05) is 11.6 Å². The van der Waals surface area contributed by atoms with Gasteiger partial charge in [0.1, 0.15) is 6.26 Å². The average molecular weight is 384 g/mol. The van der Waals surface area contributed by atoms with Crippen molar-refractivity contribution in [3.8, 4) is 11.5 Å². The van der Waals surface area contributed by atoms with Gasteiger partial charge in [0.25, 0.3) is 0 Å². The van der Waals surface area contributed by atoms with E-state index in [1.807, 2.05) is 18.2 Å². The predicted molar refractivity (Wildman–Crippen MR) is 105 cm³/mol. The highest BCUT2D eigenvalue weighted by Crippen LogP contribution is 2.33. The minimum absolute atomic E-state index is 0.0727. The quantitative estimate of drug-likeness (QED) is 0.691. The van der Waals surface area contributed by atoms with Crippen LogP contribution < -0.4 is 5.32 Å². The van der Waals surface area contributed by atoms with Crippen molar-refractivity contribution >= 4 is 45.7 Å². The van der Waals surface area contributed by atoms with E-state index >= 15 is 0 Å². The number of hydrogen-bond acceptors (Lipinski definition) is 5. The second kappa shape index (κ2) is 7.35. The first kappa shape index (κ1) is 16.9. The molecule has 0 atom stereocenters. The lowest BCUT2D eigenvalue weighted by atomic mass is 10.1. The lowest BCUT2D eigenvalue weighted by molar-refractivity contribution is -0.113. The highest BCUT2D eigenvalue weighted by molar-refractivity contribution is 8.14. The van der Waals surface area contributed by atoms with E-state index in [0.717, 1.165) is 27.5 Å². The number of aromatic nitrogens is 1. The summed E-state index contributed by atoms with van der Waals surface area (Å²) in [6, 6.07) is 13.0. The third-order valence-corrected chi connectivity index (χ3v) is 5.07. The van der Waals surface area contributed by atoms with Crippen LogP contribution in [0.25, 0.3) is 11.5 Å². The van der Waals surface area contributed by atoms with E-state index in [0.29, 0.717) is 23.1 Å². The van der Waals surface area contributed by atoms with Crippen molar-refractivity contribution in [2.45, 2.75) is 6.42 Å². The van der Waals surface area contributed by atoms with Gasteiger partial charge in [-0.05, 0) is 48.0 Å². The van der Waals surface area contributed by atoms with E-state index < -0.39 is 0 Å². The molecule has 0 spiro atoms. The zero-order valence-electron chi connectivity index (χ0n) is 13.6. The fourth-order valence-electron chi connectivity index (χ4n) is 2.63. The molecule has 0 radical (unpaired) electrons. The highest BCUT2D eigenvalue weighted by Gasteiger charge is 2.18. The normalized spacial score (nSPS) is 12.6. The summed E-state index contributed by atoms with van der Waals surface area (Å²) in [6.07, 6.45) is 3.89. The van der Waals surface area contributed by atoms with Crippen molar-refractivity contribution in [1.82, 2.24) is 4.98 Å². The SMILES string of the molecule is O=C(CSC1=Nc2ccc(-c3ncco3)cc2C1)Nc1ccc(Cl)cc1. The van der Waals surface area contributed by atoms with Crippen LogP contribution in [0.15, 0.2) is 64.3 Å². The van der Waals surface area contributed by atoms with Crippen molar-refractivity contribution < 1.29 is 9.21 Å². The summed E-state index contributed by atoms with van der Waals surface area (Å²) in [6.45, 7) is 0. The van der Waals surface area contributed by atoms with Gasteiger partial charge in [0.2, 0.25) is 11.8 Å². The molecule has 4 rings (SSSR count). The van der Waals surface area contributed by atoms with Gasteiger partial charge in [-0.2, -0.15) is 0 Å². The van der Waals surface area contributed by atoms with Gasteiger partial charge in [-0.15, -0.1) is 11.8 Å². The van der Waals surface area contributed by atoms with Crippen LogP contribution >= 0.6 is 23.4 Å². The smallest absolute Gasteiger partial charge is 0.234 e. The second-order valence-electron chi connectivity index (χ2n) is 5.71. The molecule has 2 heterocycles. The Kier molecular flexibility index (Phi) is 4.77. The zero-order chi connectivity index (χ0) is 17.9. The number of amides is 1. The summed E-state index contributed by atoms with van der Waals surface area (Å²) < 4.78 is 5.33. The summed E-state index contributed by atoms with van der Waals surface area (Å²) in [4.78, 5) is 20.9. The molecule has 0 saturated heterocycles. The van der Waals surface area contributed by atoms with Crippen molar-refractivity contribution in [1.29, 1.82) is 0 Å². The van der Waals surface area contributed by atoms with Crippen LogP contribution in [-0.2, 0) is 11.2 Å². The van der Waals surface area contributed by atoms with Crippen LogP contribution in [0.1, 0.15) is 5.56 Å². The van der Waals surface area contributed by atoms with Crippen molar-refractivity contribution in [2.75, 3.05) is 11.1 Å². The number of fused-ring (bicyclic) bond motifs is 1. The Balaban J connectivity index is 1.34. The van der Waals surface area contributed by atoms with Gasteiger partial charge < -0.3 is 9.73 Å². The van der Waals surface area contributed by atoms with Crippen LogP contribution in [0.4, 0.5) is 11.4 Å². The van der Waals surface area contributed by atoms with E-state index in [9.17, 15) is 4.79 Å². The maximum atomic E-state index is 12.1. The van der Waals surface area contributed by atoms with E-state index in [-0.39, 0.29) is 5.91 Å². The predicted octanol–water partition coefficient (Wildman–Crippen LogP) is 4.95. The molecule has 7 heteroatoms. The minimum atomic E-state index is -0.0727. The molecule has 5 nitrogen and oxygen atoms in total. The number of thioether (sulfide) groups is 1. The number of rotatable bonds is 4. The number of carbonyl (C=O) groups excluding carboxylic acids is 1. The van der Waals surface area contributed by atoms with Crippen LogP contribution in [0, 0.1) is 0 Å². The molecule has 1 aromatic heterocycles. The average Bonchev–Trinajstić information content (AvgIpc) is 3.30. The third kappa shape index (κ3) is 3.81. The maximum absolute atomic E-state index is 12.1. The lowest BCUT2D eigenvalue weighted by Crippen LogP contribution is -2.15. The Bertz CT molecular complexity index is 969. The molecular formula is C19H14ClN3O2S. The first-order chi connectivity index (χ1) is 12.7. The van der Waals surface area contributed by atoms with Gasteiger partial charge in [-0.3, -0.25) is 4.79 Å². The monoisotopic (exact) mass is 383 g/mol. The van der Waals surface area contributed by atoms with E-state index in [4.69, 9.17) is 16.0 Å². The number of nitrogens with zero attached hydrogens (tertiary/aromatic N) is 2. The molecule has 1 N–H and O–H groups in total. The van der Waals surface area contributed by atoms with Gasteiger partial charge in [0, 0.05) is 22.7 Å². The van der Waals surface area contributed by atoms with Crippen LogP contribution in [0.2, 0.25) is 5.02 Å². The molecule has 0 bridgehead atoms. The molecule has 0 aliphatic carbocycles. The molecule has 1 aliphatic heterocycles. The highest BCUT2D eigenvalue weighted by atomic mass is 35.5. The Hall–Kier alpha value is -2.57. The number of carbonyl (C=O) groups is 1. The molecule has 3 aromatic rings. The number of nitrogens with one attached hydrogen (secondary N) is 1. The number of hydrogen-bond donors (Lipinski definition) is 1. The molecule has 1 aliphatic rings. The lowest BCUT2D eigenvalue weighted by Gasteiger charge is -2.05. The first-order valence-corrected chi connectivity index (χ1v) is 9.32. The zero-order valence-corrected chi connectivity index (χ0v) is 15.2. The van der Waals surface area contributed by atoms with Crippen LogP contribution in [0.3, 0.4) is 0 Å². The summed E-state index contributed by atoms with van der Waals surface area (Å²) >= 11 is 7.29. The molecule has 2 aromatic carbocycles. The number of anilines is 1. The largest absolute Gasteiger partial charge is 0.445 e. The van der Waals surface area contributed by atoms with E-state index in [1.54, 1.807) is 36.7 Å². The molecule has 0 unspecified atom stereocenters. The maximum Gasteiger partial charge on any atom is 0.234 e. The van der Waals surface area contributed by atoms with Gasteiger partial charge >= 0.3 is 0 Å². The number of halogens is 1. The van der Waals surface area contributed by atoms with Crippen molar-refractivity contribution in [3.63, 3.8) is 0 Å². The summed E-state index contributed by atoms with van der Waals surface area (Å²) in [5.41, 5.74) is 3.70. The van der Waals surface area contributed by atoms with E-state index in [1.165, 1.54) is 11.8 Å². The van der Waals surface area contributed by atoms with Crippen molar-refractivity contribution in [3.05, 3.63) is 65.5 Å². The fraction of sp³-hybridized carbons (Fsp3) is 0.105. The van der Waals surface area contributed by atoms with E-state index in [2.05, 4.69) is 15.3 Å². The van der Waals surface area contributed by atoms with Gasteiger partial charge in [0.05, 0.1) is 22.7 Å². The van der Waals surface area contributed by atoms with Gasteiger partial charge in [0.15, 0.2) is 0 Å². The van der Waals surface area contributed by atoms with Crippen LogP contribution in [0.5, 0.6) is 0 Å². The molecule has 130 valence electrons. The van der Waals surface area contributed by atoms with Gasteiger partial charge in [-0.25, -0.2) is 9.98 Å². The Labute approximate surface area is 159 Å². The fourth-order valence-corrected chi connectivity index (χ4v) is 3.55. The standard InChI is InChI=1S/C19H14ClN3O2S/c20-14-2-4-15(5-3-14)22-17(24)11-26-18-10-13-9-12(1-6-16(13)23-18)19-21-7-8-25-19/h1-9H,10-11H2,(H,22,24). The molecular weight excluding hydrogens is 370 g/mol. The molecule has 26 heavy (non-hydrogen) atoms. The number of benzene rings is 2. The minimum Gasteiger partial charge on any atom is -0.445 e. The number of aliphatic imine (C=N–C) groups is 1. The first-order valence-electron chi connectivity index (χ1n) is 7.96. The number of oxazole rings is 1. The molecule has 0 fully saturated rings. The Morgan fingerprint density at radius 3 is 2.85 bits per heavy atom. The summed E-state index contributed by atoms with van der Waals surface area (Å²) in [5, 5.41) is 4.41. The van der Waals surface area contributed by atoms with Crippen molar-refractivity contribution in [2.24, 2.45) is 4.99 Å². The second-order valence-corrected chi connectivity index (χ2v) is 7.19. The summed E-state index contributed by atoms with van der Waals surface area (Å²) in [5.74, 6) is 0.829. The third-order valence-electron chi connectivity index (χ3n) is 3.84.